The molecule has 1 aliphatic rings. The summed E-state index contributed by atoms with van der Waals surface area (Å²) < 4.78 is 0. The second-order valence-electron chi connectivity index (χ2n) is 6.17. The van der Waals surface area contributed by atoms with E-state index >= 15 is 0 Å². The van der Waals surface area contributed by atoms with Gasteiger partial charge in [0.05, 0.1) is 0 Å². The second-order valence-corrected chi connectivity index (χ2v) is 6.17. The van der Waals surface area contributed by atoms with Crippen molar-refractivity contribution in [3.05, 3.63) is 35.9 Å². The summed E-state index contributed by atoms with van der Waals surface area (Å²) in [5, 5.41) is 6.32. The van der Waals surface area contributed by atoms with E-state index < -0.39 is 0 Å². The first kappa shape index (κ1) is 17.0. The first-order valence-electron chi connectivity index (χ1n) is 7.04. The topological polar surface area (TPSA) is 41.1 Å². The lowest BCUT2D eigenvalue weighted by Crippen LogP contribution is -2.50. The summed E-state index contributed by atoms with van der Waals surface area (Å²) in [4.78, 5) is 12.1. The molecule has 3 nitrogen and oxygen atoms in total. The molecule has 112 valence electrons. The molecule has 1 aromatic carbocycles. The van der Waals surface area contributed by atoms with Crippen LogP contribution in [-0.2, 0) is 10.2 Å². The van der Waals surface area contributed by atoms with Crippen LogP contribution in [0.25, 0.3) is 0 Å². The van der Waals surface area contributed by atoms with Crippen molar-refractivity contribution in [2.45, 2.75) is 26.2 Å². The van der Waals surface area contributed by atoms with Crippen LogP contribution in [0.1, 0.15) is 26.3 Å². The number of carbonyl (C=O) groups excluding carboxylic acids is 1. The molecule has 1 heterocycles. The third-order valence-corrected chi connectivity index (χ3v) is 4.19. The van der Waals surface area contributed by atoms with E-state index in [2.05, 4.69) is 36.6 Å². The standard InChI is InChI=1S/C16H24N2O.ClH/c1-12(13-9-17-10-13)15(19)18-11-16(2,3)14-7-5-4-6-8-14;/h4-8,12-13,17H,9-11H2,1-3H3,(H,18,19);1H. The van der Waals surface area contributed by atoms with E-state index in [0.29, 0.717) is 12.5 Å². The third kappa shape index (κ3) is 3.97. The Morgan fingerprint density at radius 1 is 1.35 bits per heavy atom. The highest BCUT2D eigenvalue weighted by atomic mass is 35.5. The number of hydrogen-bond acceptors (Lipinski definition) is 2. The van der Waals surface area contributed by atoms with Crippen molar-refractivity contribution in [1.29, 1.82) is 0 Å². The van der Waals surface area contributed by atoms with Gasteiger partial charge in [-0.05, 0) is 24.6 Å². The minimum absolute atomic E-state index is 0. The molecule has 0 saturated carbocycles. The van der Waals surface area contributed by atoms with E-state index in [4.69, 9.17) is 0 Å². The molecule has 1 unspecified atom stereocenters. The Morgan fingerprint density at radius 3 is 2.45 bits per heavy atom. The molecule has 2 rings (SSSR count). The molecule has 1 aliphatic heterocycles. The Bertz CT molecular complexity index is 429. The van der Waals surface area contributed by atoms with Gasteiger partial charge in [-0.15, -0.1) is 12.4 Å². The number of benzene rings is 1. The van der Waals surface area contributed by atoms with Gasteiger partial charge in [0.25, 0.3) is 0 Å². The van der Waals surface area contributed by atoms with Gasteiger partial charge in [0, 0.05) is 17.9 Å². The van der Waals surface area contributed by atoms with Crippen LogP contribution in [-0.4, -0.2) is 25.5 Å². The summed E-state index contributed by atoms with van der Waals surface area (Å²) in [6, 6.07) is 10.3. The van der Waals surface area contributed by atoms with Crippen molar-refractivity contribution >= 4 is 18.3 Å². The van der Waals surface area contributed by atoms with Crippen molar-refractivity contribution in [3.63, 3.8) is 0 Å². The Morgan fingerprint density at radius 2 is 1.95 bits per heavy atom. The monoisotopic (exact) mass is 296 g/mol. The maximum atomic E-state index is 12.1. The normalized spacial score (nSPS) is 16.8. The maximum absolute atomic E-state index is 12.1. The summed E-state index contributed by atoms with van der Waals surface area (Å²) in [5.74, 6) is 0.781. The van der Waals surface area contributed by atoms with Gasteiger partial charge in [0.15, 0.2) is 0 Å². The number of carbonyl (C=O) groups is 1. The van der Waals surface area contributed by atoms with Gasteiger partial charge >= 0.3 is 0 Å². The molecule has 0 aliphatic carbocycles. The average Bonchev–Trinajstić information content (AvgIpc) is 2.35. The molecule has 0 spiro atoms. The van der Waals surface area contributed by atoms with Crippen LogP contribution in [0.4, 0.5) is 0 Å². The molecular weight excluding hydrogens is 272 g/mol. The van der Waals surface area contributed by atoms with E-state index in [1.54, 1.807) is 0 Å². The summed E-state index contributed by atoms with van der Waals surface area (Å²) in [6.45, 7) is 8.97. The van der Waals surface area contributed by atoms with E-state index in [0.717, 1.165) is 13.1 Å². The average molecular weight is 297 g/mol. The van der Waals surface area contributed by atoms with Crippen molar-refractivity contribution in [1.82, 2.24) is 10.6 Å². The summed E-state index contributed by atoms with van der Waals surface area (Å²) in [7, 11) is 0. The molecule has 1 amide bonds. The molecule has 1 saturated heterocycles. The zero-order valence-corrected chi connectivity index (χ0v) is 13.3. The quantitative estimate of drug-likeness (QED) is 0.876. The fraction of sp³-hybridized carbons (Fsp3) is 0.562. The van der Waals surface area contributed by atoms with E-state index in [9.17, 15) is 4.79 Å². The zero-order valence-electron chi connectivity index (χ0n) is 12.5. The molecular formula is C16H25ClN2O. The van der Waals surface area contributed by atoms with Gasteiger partial charge in [-0.25, -0.2) is 0 Å². The molecule has 20 heavy (non-hydrogen) atoms. The van der Waals surface area contributed by atoms with Gasteiger partial charge in [-0.2, -0.15) is 0 Å². The van der Waals surface area contributed by atoms with Gasteiger partial charge in [0.1, 0.15) is 0 Å². The van der Waals surface area contributed by atoms with Crippen molar-refractivity contribution in [2.24, 2.45) is 11.8 Å². The lowest BCUT2D eigenvalue weighted by molar-refractivity contribution is -0.126. The van der Waals surface area contributed by atoms with E-state index in [1.165, 1.54) is 5.56 Å². The number of nitrogens with one attached hydrogen (secondary N) is 2. The predicted molar refractivity (Wildman–Crippen MR) is 85.2 cm³/mol. The van der Waals surface area contributed by atoms with Crippen LogP contribution in [0, 0.1) is 11.8 Å². The number of hydrogen-bond donors (Lipinski definition) is 2. The van der Waals surface area contributed by atoms with Crippen molar-refractivity contribution < 1.29 is 4.79 Å². The van der Waals surface area contributed by atoms with Crippen molar-refractivity contribution in [3.8, 4) is 0 Å². The Hall–Kier alpha value is -1.06. The smallest absolute Gasteiger partial charge is 0.223 e. The Labute approximate surface area is 127 Å². The highest BCUT2D eigenvalue weighted by Crippen LogP contribution is 2.22. The minimum Gasteiger partial charge on any atom is -0.355 e. The lowest BCUT2D eigenvalue weighted by Gasteiger charge is -2.33. The molecule has 1 aromatic rings. The number of halogens is 1. The lowest BCUT2D eigenvalue weighted by atomic mass is 9.84. The Balaban J connectivity index is 0.00000200. The molecule has 1 fully saturated rings. The van der Waals surface area contributed by atoms with Crippen molar-refractivity contribution in [2.75, 3.05) is 19.6 Å². The summed E-state index contributed by atoms with van der Waals surface area (Å²) in [5.41, 5.74) is 1.22. The molecule has 4 heteroatoms. The van der Waals surface area contributed by atoms with Gasteiger partial charge in [0.2, 0.25) is 5.91 Å². The fourth-order valence-electron chi connectivity index (χ4n) is 2.34. The number of amides is 1. The SMILES string of the molecule is CC(C(=O)NCC(C)(C)c1ccccc1)C1CNC1.Cl. The van der Waals surface area contributed by atoms with Gasteiger partial charge in [-0.3, -0.25) is 4.79 Å². The predicted octanol–water partition coefficient (Wildman–Crippen LogP) is 2.36. The highest BCUT2D eigenvalue weighted by Gasteiger charge is 2.29. The highest BCUT2D eigenvalue weighted by molar-refractivity contribution is 5.85. The van der Waals surface area contributed by atoms with E-state index in [-0.39, 0.29) is 29.6 Å². The third-order valence-electron chi connectivity index (χ3n) is 4.19. The van der Waals surface area contributed by atoms with E-state index in [1.807, 2.05) is 25.1 Å². The molecule has 2 N–H and O–H groups in total. The van der Waals surface area contributed by atoms with Crippen LogP contribution < -0.4 is 10.6 Å². The minimum atomic E-state index is -0.0332. The van der Waals surface area contributed by atoms with Gasteiger partial charge in [-0.1, -0.05) is 51.1 Å². The summed E-state index contributed by atoms with van der Waals surface area (Å²) in [6.07, 6.45) is 0. The zero-order chi connectivity index (χ0) is 13.9. The molecule has 0 radical (unpaired) electrons. The van der Waals surface area contributed by atoms with Gasteiger partial charge < -0.3 is 10.6 Å². The molecule has 0 aromatic heterocycles. The molecule has 1 atom stereocenters. The Kier molecular flexibility index (Phi) is 6.03. The van der Waals surface area contributed by atoms with Crippen LogP contribution in [0.15, 0.2) is 30.3 Å². The van der Waals surface area contributed by atoms with Crippen LogP contribution in [0.5, 0.6) is 0 Å². The fourth-order valence-corrected chi connectivity index (χ4v) is 2.34. The first-order chi connectivity index (χ1) is 9.00. The first-order valence-corrected chi connectivity index (χ1v) is 7.04. The number of rotatable bonds is 5. The van der Waals surface area contributed by atoms with Crippen LogP contribution in [0.2, 0.25) is 0 Å². The maximum Gasteiger partial charge on any atom is 0.223 e. The molecule has 0 bridgehead atoms. The largest absolute Gasteiger partial charge is 0.355 e. The van der Waals surface area contributed by atoms with Crippen LogP contribution in [0.3, 0.4) is 0 Å². The second kappa shape index (κ2) is 7.09. The van der Waals surface area contributed by atoms with Crippen LogP contribution >= 0.6 is 12.4 Å². The summed E-state index contributed by atoms with van der Waals surface area (Å²) >= 11 is 0.